The minimum Gasteiger partial charge on any atom is -0.475 e. The Morgan fingerprint density at radius 3 is 2.62 bits per heavy atom. The van der Waals surface area contributed by atoms with Crippen molar-refractivity contribution in [3.05, 3.63) is 53.4 Å². The molecule has 1 aromatic carbocycles. The van der Waals surface area contributed by atoms with Gasteiger partial charge in [-0.1, -0.05) is 42.4 Å². The molecule has 2 aromatic rings. The molecule has 0 spiro atoms. The molecule has 0 saturated heterocycles. The van der Waals surface area contributed by atoms with E-state index in [4.69, 9.17) is 9.63 Å². The third kappa shape index (κ3) is 1.95. The smallest absolute Gasteiger partial charge is 0.374 e. The molecule has 0 radical (unpaired) electrons. The van der Waals surface area contributed by atoms with Crippen LogP contribution in [0, 0.1) is 0 Å². The maximum absolute atomic E-state index is 10.6. The molecule has 0 aliphatic heterocycles. The molecular weight excluding hydrogens is 206 g/mol. The van der Waals surface area contributed by atoms with Crippen molar-refractivity contribution in [2.45, 2.75) is 12.8 Å². The summed E-state index contributed by atoms with van der Waals surface area (Å²) < 4.78 is 4.72. The van der Waals surface area contributed by atoms with Crippen molar-refractivity contribution in [3.63, 3.8) is 0 Å². The van der Waals surface area contributed by atoms with Crippen molar-refractivity contribution in [1.29, 1.82) is 0 Å². The lowest BCUT2D eigenvalue weighted by Gasteiger charge is -2.06. The van der Waals surface area contributed by atoms with Crippen molar-refractivity contribution >= 4 is 5.97 Å². The maximum atomic E-state index is 10.6. The van der Waals surface area contributed by atoms with Gasteiger partial charge in [0.15, 0.2) is 0 Å². The van der Waals surface area contributed by atoms with Crippen LogP contribution in [-0.4, -0.2) is 16.2 Å². The fraction of sp³-hybridized carbons (Fsp3) is 0.167. The zero-order valence-electron chi connectivity index (χ0n) is 8.75. The molecule has 1 aromatic heterocycles. The Morgan fingerprint density at radius 2 is 2.06 bits per heavy atom. The largest absolute Gasteiger partial charge is 0.475 e. The predicted octanol–water partition coefficient (Wildman–Crippen LogP) is 2.52. The second-order valence-corrected chi connectivity index (χ2v) is 3.55. The molecule has 2 rings (SSSR count). The minimum atomic E-state index is -1.10. The van der Waals surface area contributed by atoms with Crippen molar-refractivity contribution in [2.24, 2.45) is 0 Å². The summed E-state index contributed by atoms with van der Waals surface area (Å²) in [6.07, 6.45) is 0. The van der Waals surface area contributed by atoms with Crippen molar-refractivity contribution in [1.82, 2.24) is 5.16 Å². The highest BCUT2D eigenvalue weighted by atomic mass is 16.5. The second kappa shape index (κ2) is 4.18. The van der Waals surface area contributed by atoms with E-state index >= 15 is 0 Å². The first-order valence-corrected chi connectivity index (χ1v) is 4.93. The van der Waals surface area contributed by atoms with Gasteiger partial charge in [0.25, 0.3) is 0 Å². The topological polar surface area (TPSA) is 63.3 Å². The lowest BCUT2D eigenvalue weighted by atomic mass is 9.98. The van der Waals surface area contributed by atoms with Crippen LogP contribution in [-0.2, 0) is 0 Å². The molecule has 0 bridgehead atoms. The Morgan fingerprint density at radius 1 is 1.38 bits per heavy atom. The average Bonchev–Trinajstić information content (AvgIpc) is 2.78. The summed E-state index contributed by atoms with van der Waals surface area (Å²) in [6, 6.07) is 11.2. The number of carbonyl (C=O) groups is 1. The molecule has 0 amide bonds. The van der Waals surface area contributed by atoms with Gasteiger partial charge < -0.3 is 9.63 Å². The third-order valence-electron chi connectivity index (χ3n) is 2.48. The van der Waals surface area contributed by atoms with E-state index in [0.717, 1.165) is 5.56 Å². The number of benzene rings is 1. The Hall–Kier alpha value is -2.10. The van der Waals surface area contributed by atoms with E-state index in [1.54, 1.807) is 0 Å². The zero-order valence-corrected chi connectivity index (χ0v) is 8.75. The predicted molar refractivity (Wildman–Crippen MR) is 57.4 cm³/mol. The van der Waals surface area contributed by atoms with Crippen molar-refractivity contribution in [2.75, 3.05) is 0 Å². The number of nitrogens with zero attached hydrogens (tertiary/aromatic N) is 1. The number of aromatic carboxylic acids is 1. The maximum Gasteiger partial charge on any atom is 0.374 e. The summed E-state index contributed by atoms with van der Waals surface area (Å²) >= 11 is 0. The number of rotatable bonds is 3. The van der Waals surface area contributed by atoms with Crippen LogP contribution in [0.25, 0.3) is 0 Å². The first-order valence-electron chi connectivity index (χ1n) is 4.93. The van der Waals surface area contributed by atoms with Crippen LogP contribution < -0.4 is 0 Å². The summed E-state index contributed by atoms with van der Waals surface area (Å²) in [6.45, 7) is 1.96. The number of hydrogen-bond donors (Lipinski definition) is 1. The Labute approximate surface area is 92.5 Å². The molecule has 82 valence electrons. The summed E-state index contributed by atoms with van der Waals surface area (Å²) in [5.41, 5.74) is 1.70. The van der Waals surface area contributed by atoms with Crippen LogP contribution in [0.1, 0.15) is 34.7 Å². The summed E-state index contributed by atoms with van der Waals surface area (Å²) in [5, 5.41) is 12.5. The molecule has 16 heavy (non-hydrogen) atoms. The van der Waals surface area contributed by atoms with E-state index in [-0.39, 0.29) is 11.7 Å². The highest BCUT2D eigenvalue weighted by Crippen LogP contribution is 2.23. The molecule has 4 heteroatoms. The monoisotopic (exact) mass is 217 g/mol. The van der Waals surface area contributed by atoms with Crippen LogP contribution in [0.5, 0.6) is 0 Å². The van der Waals surface area contributed by atoms with E-state index in [1.165, 1.54) is 6.07 Å². The van der Waals surface area contributed by atoms with Crippen LogP contribution >= 0.6 is 0 Å². The zero-order chi connectivity index (χ0) is 11.5. The van der Waals surface area contributed by atoms with E-state index < -0.39 is 5.97 Å². The molecule has 0 aliphatic carbocycles. The van der Waals surface area contributed by atoms with Gasteiger partial charge >= 0.3 is 5.97 Å². The molecule has 1 atom stereocenters. The summed E-state index contributed by atoms with van der Waals surface area (Å²) in [7, 11) is 0. The van der Waals surface area contributed by atoms with Crippen molar-refractivity contribution in [3.8, 4) is 0 Å². The molecule has 1 heterocycles. The number of carboxylic acid groups (broad SMARTS) is 1. The van der Waals surface area contributed by atoms with Gasteiger partial charge in [-0.15, -0.1) is 0 Å². The Bertz CT molecular complexity index is 490. The highest BCUT2D eigenvalue weighted by Gasteiger charge is 2.16. The second-order valence-electron chi connectivity index (χ2n) is 3.55. The summed E-state index contributed by atoms with van der Waals surface area (Å²) in [4.78, 5) is 10.6. The van der Waals surface area contributed by atoms with Gasteiger partial charge in [-0.05, 0) is 5.56 Å². The van der Waals surface area contributed by atoms with E-state index in [2.05, 4.69) is 5.16 Å². The number of aromatic nitrogens is 1. The summed E-state index contributed by atoms with van der Waals surface area (Å²) in [5.74, 6) is -1.20. The Kier molecular flexibility index (Phi) is 2.72. The van der Waals surface area contributed by atoms with Gasteiger partial charge in [0.2, 0.25) is 5.76 Å². The lowest BCUT2D eigenvalue weighted by Crippen LogP contribution is -1.96. The molecular formula is C12H11NO3. The first kappa shape index (κ1) is 10.4. The highest BCUT2D eigenvalue weighted by molar-refractivity contribution is 5.84. The van der Waals surface area contributed by atoms with Gasteiger partial charge in [-0.2, -0.15) is 0 Å². The van der Waals surface area contributed by atoms with Gasteiger partial charge in [0, 0.05) is 12.0 Å². The van der Waals surface area contributed by atoms with Gasteiger partial charge in [-0.25, -0.2) is 4.79 Å². The van der Waals surface area contributed by atoms with Crippen LogP contribution in [0.3, 0.4) is 0 Å². The minimum absolute atomic E-state index is 0.0260. The van der Waals surface area contributed by atoms with Gasteiger partial charge in [0.05, 0.1) is 5.69 Å². The first-order chi connectivity index (χ1) is 7.68. The molecule has 0 unspecified atom stereocenters. The molecule has 1 N–H and O–H groups in total. The fourth-order valence-corrected chi connectivity index (χ4v) is 1.51. The van der Waals surface area contributed by atoms with Crippen LogP contribution in [0.4, 0.5) is 0 Å². The van der Waals surface area contributed by atoms with Crippen LogP contribution in [0.2, 0.25) is 0 Å². The average molecular weight is 217 g/mol. The van der Waals surface area contributed by atoms with E-state index in [9.17, 15) is 4.79 Å². The van der Waals surface area contributed by atoms with Crippen molar-refractivity contribution < 1.29 is 14.4 Å². The van der Waals surface area contributed by atoms with Crippen LogP contribution in [0.15, 0.2) is 40.9 Å². The lowest BCUT2D eigenvalue weighted by molar-refractivity contribution is 0.0652. The molecule has 0 fully saturated rings. The number of carboxylic acids is 1. The quantitative estimate of drug-likeness (QED) is 0.858. The molecule has 4 nitrogen and oxygen atoms in total. The SMILES string of the molecule is C[C@H](c1ccccc1)c1cc(C(=O)O)on1. The Balaban J connectivity index is 2.27. The number of hydrogen-bond acceptors (Lipinski definition) is 3. The fourth-order valence-electron chi connectivity index (χ4n) is 1.51. The van der Waals surface area contributed by atoms with E-state index in [1.807, 2.05) is 37.3 Å². The normalized spacial score (nSPS) is 12.3. The van der Waals surface area contributed by atoms with Gasteiger partial charge in [0.1, 0.15) is 0 Å². The van der Waals surface area contributed by atoms with Gasteiger partial charge in [-0.3, -0.25) is 0 Å². The standard InChI is InChI=1S/C12H11NO3/c1-8(9-5-3-2-4-6-9)10-7-11(12(14)15)16-13-10/h2-8H,1H3,(H,14,15)/t8-/m1/s1. The molecule has 0 aliphatic rings. The molecule has 0 saturated carbocycles. The van der Waals surface area contributed by atoms with E-state index in [0.29, 0.717) is 5.69 Å². The third-order valence-corrected chi connectivity index (χ3v) is 2.48.